The van der Waals surface area contributed by atoms with E-state index in [1.54, 1.807) is 9.80 Å². The van der Waals surface area contributed by atoms with Crippen LogP contribution in [0.2, 0.25) is 0 Å². The minimum atomic E-state index is -0.821. The fraction of sp³-hybridized carbons (Fsp3) is 0.323. The molecule has 0 bridgehead atoms. The summed E-state index contributed by atoms with van der Waals surface area (Å²) < 4.78 is 10.8. The number of anilines is 2. The van der Waals surface area contributed by atoms with Crippen LogP contribution in [0.3, 0.4) is 0 Å². The lowest BCUT2D eigenvalue weighted by atomic mass is 9.85. The number of ether oxygens (including phenoxy) is 2. The molecule has 2 fully saturated rings. The number of carbonyl (C=O) groups is 3. The number of piperidine rings is 1. The third kappa shape index (κ3) is 5.25. The average Bonchev–Trinajstić information content (AvgIpc) is 3.57. The predicted molar refractivity (Wildman–Crippen MR) is 154 cm³/mol. The number of hydrogen-bond acceptors (Lipinski definition) is 6. The zero-order valence-electron chi connectivity index (χ0n) is 23.0. The highest BCUT2D eigenvalue weighted by Gasteiger charge is 2.54. The Balaban J connectivity index is 1.12. The number of rotatable bonds is 6. The third-order valence-corrected chi connectivity index (χ3v) is 8.11. The summed E-state index contributed by atoms with van der Waals surface area (Å²) in [6.07, 6.45) is 0.939. The van der Waals surface area contributed by atoms with E-state index in [0.717, 1.165) is 22.5 Å². The van der Waals surface area contributed by atoms with E-state index in [1.807, 2.05) is 79.7 Å². The van der Waals surface area contributed by atoms with Crippen LogP contribution in [-0.2, 0) is 16.1 Å². The van der Waals surface area contributed by atoms with Gasteiger partial charge in [0.25, 0.3) is 5.91 Å². The number of nitrogens with one attached hydrogen (secondary N) is 2. The largest absolute Gasteiger partial charge is 0.454 e. The Hall–Kier alpha value is -4.73. The van der Waals surface area contributed by atoms with Crippen molar-refractivity contribution in [3.63, 3.8) is 0 Å². The van der Waals surface area contributed by atoms with Gasteiger partial charge in [-0.25, -0.2) is 4.79 Å². The van der Waals surface area contributed by atoms with Crippen LogP contribution in [0.1, 0.15) is 24.0 Å². The summed E-state index contributed by atoms with van der Waals surface area (Å²) >= 11 is 0. The second-order valence-corrected chi connectivity index (χ2v) is 10.6. The number of nitrogens with zero attached hydrogens (tertiary/aromatic N) is 3. The minimum absolute atomic E-state index is 0.0496. The first-order chi connectivity index (χ1) is 19.9. The molecule has 0 saturated carbocycles. The van der Waals surface area contributed by atoms with Gasteiger partial charge in [-0.1, -0.05) is 42.5 Å². The number of amides is 4. The van der Waals surface area contributed by atoms with E-state index in [9.17, 15) is 14.4 Å². The van der Waals surface area contributed by atoms with Crippen molar-refractivity contribution < 1.29 is 23.9 Å². The SMILES string of the molecule is Cc1ccccc1NC(=O)N1CCC2(CC1)C(=O)N(CC(=O)NCc1ccc3c(c1)OCO3)CN2c1ccccc1. The zero-order chi connectivity index (χ0) is 28.4. The van der Waals surface area contributed by atoms with E-state index in [4.69, 9.17) is 9.47 Å². The Bertz CT molecular complexity index is 1450. The van der Waals surface area contributed by atoms with E-state index < -0.39 is 5.54 Å². The molecule has 2 N–H and O–H groups in total. The van der Waals surface area contributed by atoms with Crippen molar-refractivity contribution in [1.29, 1.82) is 0 Å². The number of aryl methyl sites for hydroxylation is 1. The quantitative estimate of drug-likeness (QED) is 0.481. The Morgan fingerprint density at radius 1 is 0.927 bits per heavy atom. The van der Waals surface area contributed by atoms with E-state index in [-0.39, 0.29) is 31.2 Å². The third-order valence-electron chi connectivity index (χ3n) is 8.11. The highest BCUT2D eigenvalue weighted by molar-refractivity contribution is 5.97. The maximum Gasteiger partial charge on any atom is 0.321 e. The van der Waals surface area contributed by atoms with Gasteiger partial charge in [-0.15, -0.1) is 0 Å². The molecule has 0 radical (unpaired) electrons. The molecule has 2 saturated heterocycles. The molecule has 0 aliphatic carbocycles. The fourth-order valence-electron chi connectivity index (χ4n) is 5.79. The molecule has 41 heavy (non-hydrogen) atoms. The van der Waals surface area contributed by atoms with Crippen LogP contribution in [0.15, 0.2) is 72.8 Å². The number of likely N-dealkylation sites (tertiary alicyclic amines) is 1. The summed E-state index contributed by atoms with van der Waals surface area (Å²) in [7, 11) is 0. The van der Waals surface area contributed by atoms with Gasteiger partial charge in [-0.2, -0.15) is 0 Å². The van der Waals surface area contributed by atoms with Gasteiger partial charge in [-0.3, -0.25) is 9.59 Å². The highest BCUT2D eigenvalue weighted by Crippen LogP contribution is 2.39. The molecule has 1 spiro atoms. The average molecular weight is 556 g/mol. The van der Waals surface area contributed by atoms with Gasteiger partial charge in [0.1, 0.15) is 12.1 Å². The van der Waals surface area contributed by atoms with Crippen molar-refractivity contribution in [3.8, 4) is 11.5 Å². The number of benzene rings is 3. The molecular formula is C31H33N5O5. The number of fused-ring (bicyclic) bond motifs is 1. The molecule has 6 rings (SSSR count). The van der Waals surface area contributed by atoms with Crippen molar-refractivity contribution >= 4 is 29.2 Å². The molecule has 0 unspecified atom stereocenters. The molecule has 4 amide bonds. The first kappa shape index (κ1) is 26.5. The van der Waals surface area contributed by atoms with Crippen molar-refractivity contribution in [2.24, 2.45) is 0 Å². The lowest BCUT2D eigenvalue weighted by Crippen LogP contribution is -2.58. The topological polar surface area (TPSA) is 103 Å². The smallest absolute Gasteiger partial charge is 0.321 e. The Morgan fingerprint density at radius 3 is 2.44 bits per heavy atom. The molecule has 3 aliphatic heterocycles. The predicted octanol–water partition coefficient (Wildman–Crippen LogP) is 3.71. The minimum Gasteiger partial charge on any atom is -0.454 e. The monoisotopic (exact) mass is 555 g/mol. The molecular weight excluding hydrogens is 522 g/mol. The van der Waals surface area contributed by atoms with Crippen molar-refractivity contribution in [2.75, 3.05) is 43.3 Å². The molecule has 3 aromatic carbocycles. The molecule has 3 aromatic rings. The van der Waals surface area contributed by atoms with Gasteiger partial charge in [0.15, 0.2) is 11.5 Å². The fourth-order valence-corrected chi connectivity index (χ4v) is 5.79. The number of urea groups is 1. The summed E-state index contributed by atoms with van der Waals surface area (Å²) in [5.41, 5.74) is 2.75. The summed E-state index contributed by atoms with van der Waals surface area (Å²) in [6.45, 7) is 3.57. The summed E-state index contributed by atoms with van der Waals surface area (Å²) in [5, 5.41) is 5.92. The Labute approximate surface area is 238 Å². The van der Waals surface area contributed by atoms with Crippen LogP contribution < -0.4 is 25.0 Å². The lowest BCUT2D eigenvalue weighted by Gasteiger charge is -2.43. The maximum absolute atomic E-state index is 14.0. The molecule has 0 aromatic heterocycles. The summed E-state index contributed by atoms with van der Waals surface area (Å²) in [4.78, 5) is 45.5. The van der Waals surface area contributed by atoms with E-state index in [1.165, 1.54) is 0 Å². The molecule has 0 atom stereocenters. The Morgan fingerprint density at radius 2 is 1.66 bits per heavy atom. The van der Waals surface area contributed by atoms with Crippen LogP contribution in [0, 0.1) is 6.92 Å². The van der Waals surface area contributed by atoms with E-state index >= 15 is 0 Å². The zero-order valence-corrected chi connectivity index (χ0v) is 23.0. The first-order valence-electron chi connectivity index (χ1n) is 13.8. The van der Waals surface area contributed by atoms with Gasteiger partial charge in [0, 0.05) is 31.0 Å². The molecule has 3 heterocycles. The molecule has 3 aliphatic rings. The van der Waals surface area contributed by atoms with Gasteiger partial charge in [-0.05, 0) is 61.2 Å². The van der Waals surface area contributed by atoms with Crippen molar-refractivity contribution in [2.45, 2.75) is 31.8 Å². The second-order valence-electron chi connectivity index (χ2n) is 10.6. The van der Waals surface area contributed by atoms with Crippen LogP contribution >= 0.6 is 0 Å². The molecule has 10 nitrogen and oxygen atoms in total. The standard InChI is InChI=1S/C31H33N5O5/c1-22-7-5-6-10-25(22)33-30(39)34-15-13-31(14-16-34)29(38)35(20-36(31)24-8-3-2-4-9-24)19-28(37)32-18-23-11-12-26-27(17-23)41-21-40-26/h2-12,17H,13-16,18-21H2,1H3,(H,32,37)(H,33,39). The Kier molecular flexibility index (Phi) is 7.13. The first-order valence-corrected chi connectivity index (χ1v) is 13.8. The summed E-state index contributed by atoms with van der Waals surface area (Å²) in [5.74, 6) is 1.02. The van der Waals surface area contributed by atoms with Gasteiger partial charge < -0.3 is 34.8 Å². The van der Waals surface area contributed by atoms with Crippen LogP contribution in [0.25, 0.3) is 0 Å². The molecule has 10 heteroatoms. The van der Waals surface area contributed by atoms with Gasteiger partial charge in [0.05, 0.1) is 6.67 Å². The molecule has 212 valence electrons. The highest BCUT2D eigenvalue weighted by atomic mass is 16.7. The lowest BCUT2D eigenvalue weighted by molar-refractivity contribution is -0.137. The van der Waals surface area contributed by atoms with Gasteiger partial charge in [0.2, 0.25) is 12.7 Å². The van der Waals surface area contributed by atoms with Crippen molar-refractivity contribution in [3.05, 3.63) is 83.9 Å². The van der Waals surface area contributed by atoms with E-state index in [2.05, 4.69) is 15.5 Å². The normalized spacial score (nSPS) is 17.2. The second kappa shape index (κ2) is 11.0. The van der Waals surface area contributed by atoms with Crippen LogP contribution in [0.4, 0.5) is 16.2 Å². The van der Waals surface area contributed by atoms with Crippen molar-refractivity contribution in [1.82, 2.24) is 15.1 Å². The van der Waals surface area contributed by atoms with Gasteiger partial charge >= 0.3 is 6.03 Å². The summed E-state index contributed by atoms with van der Waals surface area (Å²) in [6, 6.07) is 22.8. The van der Waals surface area contributed by atoms with E-state index in [0.29, 0.717) is 50.6 Å². The number of carbonyl (C=O) groups excluding carboxylic acids is 3. The van der Waals surface area contributed by atoms with Crippen LogP contribution in [-0.4, -0.2) is 66.3 Å². The number of para-hydroxylation sites is 2. The maximum atomic E-state index is 14.0. The number of hydrogen-bond donors (Lipinski definition) is 2. The van der Waals surface area contributed by atoms with Crippen LogP contribution in [0.5, 0.6) is 11.5 Å².